The van der Waals surface area contributed by atoms with Crippen molar-refractivity contribution >= 4 is 23.3 Å². The maximum absolute atomic E-state index is 11.9. The molecule has 0 radical (unpaired) electrons. The van der Waals surface area contributed by atoms with E-state index in [1.807, 2.05) is 6.07 Å². The van der Waals surface area contributed by atoms with E-state index in [4.69, 9.17) is 4.74 Å². The van der Waals surface area contributed by atoms with E-state index in [0.717, 1.165) is 5.56 Å². The van der Waals surface area contributed by atoms with Crippen molar-refractivity contribution in [3.63, 3.8) is 0 Å². The molecule has 7 heteroatoms. The van der Waals surface area contributed by atoms with Gasteiger partial charge in [0.1, 0.15) is 22.9 Å². The van der Waals surface area contributed by atoms with E-state index in [1.54, 1.807) is 43.5 Å². The third kappa shape index (κ3) is 4.29. The van der Waals surface area contributed by atoms with Crippen LogP contribution >= 0.6 is 0 Å². The number of aromatic hydroxyl groups is 1. The molecular formula is C22H23N3O4. The Bertz CT molecular complexity index is 1120. The molecular weight excluding hydrogens is 370 g/mol. The van der Waals surface area contributed by atoms with Gasteiger partial charge < -0.3 is 15.2 Å². The van der Waals surface area contributed by atoms with Crippen molar-refractivity contribution in [1.82, 2.24) is 0 Å². The Morgan fingerprint density at radius 3 is 2.24 bits per heavy atom. The van der Waals surface area contributed by atoms with E-state index in [1.165, 1.54) is 6.21 Å². The van der Waals surface area contributed by atoms with Crippen LogP contribution in [0.4, 0.5) is 17.1 Å². The van der Waals surface area contributed by atoms with E-state index < -0.39 is 10.9 Å². The van der Waals surface area contributed by atoms with Crippen LogP contribution in [-0.2, 0) is 5.41 Å². The molecule has 0 aromatic heterocycles. The summed E-state index contributed by atoms with van der Waals surface area (Å²) in [6.07, 6.45) is 1.40. The number of phenolic OH excluding ortho intramolecular Hbond substituents is 1. The van der Waals surface area contributed by atoms with Crippen LogP contribution in [0.1, 0.15) is 31.9 Å². The van der Waals surface area contributed by atoms with Gasteiger partial charge in [-0.3, -0.25) is 15.0 Å². The van der Waals surface area contributed by atoms with Crippen LogP contribution in [0, 0.1) is 0 Å². The van der Waals surface area contributed by atoms with E-state index in [-0.39, 0.29) is 22.5 Å². The van der Waals surface area contributed by atoms with Crippen molar-refractivity contribution < 1.29 is 9.84 Å². The van der Waals surface area contributed by atoms with Gasteiger partial charge in [-0.05, 0) is 47.4 Å². The third-order valence-corrected chi connectivity index (χ3v) is 4.55. The summed E-state index contributed by atoms with van der Waals surface area (Å²) in [6, 6.07) is 12.3. The summed E-state index contributed by atoms with van der Waals surface area (Å²) in [6.45, 7) is 6.17. The Morgan fingerprint density at radius 1 is 1.00 bits per heavy atom. The number of methoxy groups -OCH3 is 1. The minimum Gasteiger partial charge on any atom is -0.507 e. The molecule has 0 heterocycles. The number of nitrogens with one attached hydrogen (secondary N) is 2. The van der Waals surface area contributed by atoms with Gasteiger partial charge in [0.15, 0.2) is 0 Å². The zero-order valence-corrected chi connectivity index (χ0v) is 16.7. The first-order chi connectivity index (χ1) is 13.7. The van der Waals surface area contributed by atoms with Crippen molar-refractivity contribution in [3.05, 3.63) is 74.0 Å². The first-order valence-electron chi connectivity index (χ1n) is 9.07. The summed E-state index contributed by atoms with van der Waals surface area (Å²) in [5.74, 6) is 0.769. The minimum absolute atomic E-state index is 0.0767. The SMILES string of the molecule is COc1ccc(Nc2c(N/N=C/c3ccc(C(C)(C)C)cc3O)c(=O)c2=O)cc1. The maximum Gasteiger partial charge on any atom is 0.255 e. The normalized spacial score (nSPS) is 11.7. The first kappa shape index (κ1) is 20.1. The number of ether oxygens (including phenoxy) is 1. The monoisotopic (exact) mass is 393 g/mol. The van der Waals surface area contributed by atoms with E-state index in [9.17, 15) is 14.7 Å². The van der Waals surface area contributed by atoms with Gasteiger partial charge in [-0.2, -0.15) is 5.10 Å². The van der Waals surface area contributed by atoms with Crippen molar-refractivity contribution in [1.29, 1.82) is 0 Å². The van der Waals surface area contributed by atoms with Crippen molar-refractivity contribution in [2.75, 3.05) is 17.9 Å². The highest BCUT2D eigenvalue weighted by Crippen LogP contribution is 2.27. The van der Waals surface area contributed by atoms with Gasteiger partial charge in [-0.25, -0.2) is 0 Å². The number of phenols is 1. The lowest BCUT2D eigenvalue weighted by Gasteiger charge is -2.19. The smallest absolute Gasteiger partial charge is 0.255 e. The minimum atomic E-state index is -0.648. The zero-order valence-electron chi connectivity index (χ0n) is 16.7. The molecule has 0 bridgehead atoms. The fourth-order valence-corrected chi connectivity index (χ4v) is 2.72. The average molecular weight is 393 g/mol. The molecule has 0 aliphatic heterocycles. The Balaban J connectivity index is 1.74. The molecule has 3 aromatic carbocycles. The lowest BCUT2D eigenvalue weighted by atomic mass is 9.86. The lowest BCUT2D eigenvalue weighted by molar-refractivity contribution is 0.415. The van der Waals surface area contributed by atoms with Gasteiger partial charge in [-0.1, -0.05) is 26.8 Å². The van der Waals surface area contributed by atoms with E-state index in [0.29, 0.717) is 17.0 Å². The molecule has 3 aromatic rings. The first-order valence-corrected chi connectivity index (χ1v) is 9.07. The van der Waals surface area contributed by atoms with E-state index in [2.05, 4.69) is 36.6 Å². The topological polar surface area (TPSA) is 100 Å². The Kier molecular flexibility index (Phi) is 5.41. The molecule has 3 rings (SSSR count). The molecule has 0 unspecified atom stereocenters. The van der Waals surface area contributed by atoms with Crippen LogP contribution in [0.3, 0.4) is 0 Å². The number of hydrazone groups is 1. The van der Waals surface area contributed by atoms with Crippen molar-refractivity contribution in [2.24, 2.45) is 5.10 Å². The summed E-state index contributed by atoms with van der Waals surface area (Å²) in [4.78, 5) is 23.8. The molecule has 3 N–H and O–H groups in total. The fraction of sp³-hybridized carbons (Fsp3) is 0.227. The fourth-order valence-electron chi connectivity index (χ4n) is 2.72. The van der Waals surface area contributed by atoms with Crippen molar-refractivity contribution in [3.8, 4) is 11.5 Å². The molecule has 29 heavy (non-hydrogen) atoms. The number of hydrogen-bond donors (Lipinski definition) is 3. The number of anilines is 3. The highest BCUT2D eigenvalue weighted by Gasteiger charge is 2.21. The molecule has 7 nitrogen and oxygen atoms in total. The van der Waals surface area contributed by atoms with Gasteiger partial charge >= 0.3 is 0 Å². The predicted molar refractivity (Wildman–Crippen MR) is 116 cm³/mol. The highest BCUT2D eigenvalue weighted by molar-refractivity contribution is 5.85. The second-order valence-electron chi connectivity index (χ2n) is 7.66. The maximum atomic E-state index is 11.9. The molecule has 0 fully saturated rings. The quantitative estimate of drug-likeness (QED) is 0.337. The second kappa shape index (κ2) is 7.79. The number of hydrogen-bond acceptors (Lipinski definition) is 7. The zero-order chi connectivity index (χ0) is 21.2. The van der Waals surface area contributed by atoms with Gasteiger partial charge in [0.2, 0.25) is 0 Å². The van der Waals surface area contributed by atoms with E-state index >= 15 is 0 Å². The average Bonchev–Trinajstić information content (AvgIpc) is 2.70. The van der Waals surface area contributed by atoms with Crippen LogP contribution < -0.4 is 26.3 Å². The molecule has 150 valence electrons. The molecule has 0 amide bonds. The van der Waals surface area contributed by atoms with Crippen LogP contribution in [-0.4, -0.2) is 18.4 Å². The van der Waals surface area contributed by atoms with Crippen molar-refractivity contribution in [2.45, 2.75) is 26.2 Å². The van der Waals surface area contributed by atoms with Gasteiger partial charge in [0.05, 0.1) is 13.3 Å². The van der Waals surface area contributed by atoms with Gasteiger partial charge in [0, 0.05) is 11.3 Å². The second-order valence-corrected chi connectivity index (χ2v) is 7.66. The predicted octanol–water partition coefficient (Wildman–Crippen LogP) is 3.48. The Labute approximate surface area is 168 Å². The molecule has 0 spiro atoms. The summed E-state index contributed by atoms with van der Waals surface area (Å²) >= 11 is 0. The standard InChI is InChI=1S/C22H23N3O4/c1-22(2,3)14-6-5-13(17(26)11-14)12-23-25-19-18(20(27)21(19)28)24-15-7-9-16(29-4)10-8-15/h5-12,24-26H,1-4H3/b23-12+. The molecule has 0 aliphatic rings. The van der Waals surface area contributed by atoms with Crippen LogP contribution in [0.25, 0.3) is 0 Å². The van der Waals surface area contributed by atoms with Crippen LogP contribution in [0.15, 0.2) is 57.2 Å². The Morgan fingerprint density at radius 2 is 1.66 bits per heavy atom. The number of nitrogens with zero attached hydrogens (tertiary/aromatic N) is 1. The molecule has 0 aliphatic carbocycles. The summed E-state index contributed by atoms with van der Waals surface area (Å²) < 4.78 is 5.09. The summed E-state index contributed by atoms with van der Waals surface area (Å²) in [5.41, 5.74) is 3.59. The summed E-state index contributed by atoms with van der Waals surface area (Å²) in [5, 5.41) is 17.1. The third-order valence-electron chi connectivity index (χ3n) is 4.55. The van der Waals surface area contributed by atoms with Gasteiger partial charge in [0.25, 0.3) is 10.9 Å². The molecule has 0 saturated carbocycles. The highest BCUT2D eigenvalue weighted by atomic mass is 16.5. The Hall–Kier alpha value is -3.61. The summed E-state index contributed by atoms with van der Waals surface area (Å²) in [7, 11) is 1.56. The number of benzene rings is 2. The lowest BCUT2D eigenvalue weighted by Crippen LogP contribution is -2.35. The van der Waals surface area contributed by atoms with Crippen LogP contribution in [0.2, 0.25) is 0 Å². The van der Waals surface area contributed by atoms with Crippen LogP contribution in [0.5, 0.6) is 11.5 Å². The molecule has 0 saturated heterocycles. The largest absolute Gasteiger partial charge is 0.507 e. The van der Waals surface area contributed by atoms with Gasteiger partial charge in [-0.15, -0.1) is 0 Å². The molecule has 0 atom stereocenters. The number of rotatable bonds is 6.